The minimum absolute atomic E-state index is 0.00437. The smallest absolute Gasteiger partial charge is 0.339 e. The van der Waals surface area contributed by atoms with Crippen molar-refractivity contribution in [3.63, 3.8) is 0 Å². The topological polar surface area (TPSA) is 256 Å². The number of fused-ring (bicyclic) bond motifs is 2. The van der Waals surface area contributed by atoms with Gasteiger partial charge in [-0.1, -0.05) is 36.0 Å². The van der Waals surface area contributed by atoms with Gasteiger partial charge in [-0.15, -0.1) is 0 Å². The first kappa shape index (κ1) is 47.9. The van der Waals surface area contributed by atoms with E-state index in [1.807, 2.05) is 0 Å². The van der Waals surface area contributed by atoms with Crippen molar-refractivity contribution in [2.75, 3.05) is 26.6 Å². The van der Waals surface area contributed by atoms with E-state index in [0.29, 0.717) is 49.5 Å². The van der Waals surface area contributed by atoms with Crippen molar-refractivity contribution in [2.24, 2.45) is 0 Å². The number of nitrogens with one attached hydrogen (secondary N) is 7. The Morgan fingerprint density at radius 2 is 1.03 bits per heavy atom. The Bertz CT molecular complexity index is 3550. The zero-order valence-electron chi connectivity index (χ0n) is 37.0. The van der Waals surface area contributed by atoms with E-state index >= 15 is 0 Å². The summed E-state index contributed by atoms with van der Waals surface area (Å²) in [6, 6.07) is 34.7. The van der Waals surface area contributed by atoms with Crippen molar-refractivity contribution in [1.29, 1.82) is 0 Å². The SMILES string of the molecule is O=C(Nc1ccc(Cl)cc1)Nc1nc2cc(OS(=O)(=O)c3ccc(-n4ccnc4)cc3)ccc2[nH]1.O=C(Nc1ccc(Cl)cc1)Nc1nc2cc(OS(=O)(=O)c3ccc(NC4CCCC4)cc3)ccc2[nH]1. The summed E-state index contributed by atoms with van der Waals surface area (Å²) in [6.07, 6.45) is 9.68. The van der Waals surface area contributed by atoms with E-state index in [9.17, 15) is 26.4 Å². The van der Waals surface area contributed by atoms with Crippen LogP contribution < -0.4 is 35.0 Å². The average Bonchev–Trinajstić information content (AvgIpc) is 4.20. The first-order valence-corrected chi connectivity index (χ1v) is 25.3. The zero-order chi connectivity index (χ0) is 49.5. The standard InChI is InChI=1S/C25H24ClN5O4S.C23H17ClN6O4S/c26-16-5-7-19(8-6-16)28-25(32)31-24-29-22-14-11-20(15-23(22)30-24)35-36(33,34)21-12-9-18(10-13-21)27-17-3-1-2-4-17;24-15-1-3-16(4-2-15)26-23(31)29-22-27-20-10-7-18(13-21(20)28-22)34-35(32,33)19-8-5-17(6-9-19)30-12-11-25-14-30/h5-15,17,27H,1-4H2,(H3,28,29,30,31,32);1-14H,(H3,26,27,28,29,31). The van der Waals surface area contributed by atoms with E-state index in [1.165, 1.54) is 61.4 Å². The summed E-state index contributed by atoms with van der Waals surface area (Å²) in [4.78, 5) is 43.0. The first-order valence-electron chi connectivity index (χ1n) is 21.7. The average molecular weight is 1030 g/mol. The van der Waals surface area contributed by atoms with Crippen LogP contribution in [0.1, 0.15) is 25.7 Å². The van der Waals surface area contributed by atoms with Crippen LogP contribution in [0, 0.1) is 0 Å². The quantitative estimate of drug-likeness (QED) is 0.0532. The normalized spacial score (nSPS) is 12.7. The zero-order valence-corrected chi connectivity index (χ0v) is 40.1. The Morgan fingerprint density at radius 3 is 1.48 bits per heavy atom. The molecule has 23 heteroatoms. The summed E-state index contributed by atoms with van der Waals surface area (Å²) in [5, 5.41) is 15.1. The number of aromatic amines is 2. The number of aromatic nitrogens is 6. The lowest BCUT2D eigenvalue weighted by atomic mass is 10.2. The second-order valence-electron chi connectivity index (χ2n) is 15.9. The van der Waals surface area contributed by atoms with Gasteiger partial charge in [0.1, 0.15) is 21.3 Å². The monoisotopic (exact) mass is 1030 g/mol. The number of amides is 4. The minimum Gasteiger partial charge on any atom is -0.382 e. The number of carbonyl (C=O) groups is 2. The molecule has 1 fully saturated rings. The fraction of sp³-hybridized carbons (Fsp3) is 0.104. The Hall–Kier alpha value is -8.11. The number of imidazole rings is 3. The number of nitrogens with zero attached hydrogens (tertiary/aromatic N) is 4. The molecule has 362 valence electrons. The Labute approximate surface area is 416 Å². The lowest BCUT2D eigenvalue weighted by Crippen LogP contribution is -2.20. The molecule has 1 aliphatic rings. The van der Waals surface area contributed by atoms with Crippen LogP contribution in [-0.4, -0.2) is 64.4 Å². The van der Waals surface area contributed by atoms with Gasteiger partial charge in [-0.25, -0.2) is 24.5 Å². The largest absolute Gasteiger partial charge is 0.382 e. The minimum atomic E-state index is -4.07. The van der Waals surface area contributed by atoms with Crippen molar-refractivity contribution in [3.05, 3.63) is 162 Å². The Morgan fingerprint density at radius 1 is 0.577 bits per heavy atom. The van der Waals surface area contributed by atoms with Crippen LogP contribution in [-0.2, 0) is 20.2 Å². The van der Waals surface area contributed by atoms with Crippen LogP contribution in [0.5, 0.6) is 11.5 Å². The van der Waals surface area contributed by atoms with Crippen LogP contribution in [0.4, 0.5) is 38.5 Å². The molecule has 0 saturated heterocycles. The number of hydrogen-bond acceptors (Lipinski definition) is 12. The van der Waals surface area contributed by atoms with E-state index in [-0.39, 0.29) is 33.2 Å². The summed E-state index contributed by atoms with van der Waals surface area (Å²) >= 11 is 11.7. The van der Waals surface area contributed by atoms with Crippen molar-refractivity contribution in [1.82, 2.24) is 29.5 Å². The third-order valence-electron chi connectivity index (χ3n) is 10.8. The van der Waals surface area contributed by atoms with Crippen molar-refractivity contribution in [3.8, 4) is 17.2 Å². The van der Waals surface area contributed by atoms with Gasteiger partial charge in [0.25, 0.3) is 0 Å². The van der Waals surface area contributed by atoms with Crippen LogP contribution in [0.15, 0.2) is 162 Å². The molecule has 3 aromatic heterocycles. The fourth-order valence-corrected chi connectivity index (χ4v) is 9.47. The highest BCUT2D eigenvalue weighted by Gasteiger charge is 2.21. The molecule has 0 bridgehead atoms. The van der Waals surface area contributed by atoms with Gasteiger partial charge < -0.3 is 38.9 Å². The number of rotatable bonds is 13. The summed E-state index contributed by atoms with van der Waals surface area (Å²) in [5.74, 6) is 0.572. The van der Waals surface area contributed by atoms with E-state index < -0.39 is 32.3 Å². The van der Waals surface area contributed by atoms with Gasteiger partial charge in [-0.05, 0) is 134 Å². The van der Waals surface area contributed by atoms with Crippen LogP contribution in [0.2, 0.25) is 10.0 Å². The number of anilines is 5. The van der Waals surface area contributed by atoms with Gasteiger partial charge in [-0.3, -0.25) is 10.6 Å². The molecule has 6 aromatic carbocycles. The fourth-order valence-electron chi connectivity index (χ4n) is 7.37. The molecule has 0 aliphatic heterocycles. The van der Waals surface area contributed by atoms with Gasteiger partial charge in [0, 0.05) is 63.4 Å². The summed E-state index contributed by atoms with van der Waals surface area (Å²) in [7, 11) is -8.10. The molecule has 1 saturated carbocycles. The van der Waals surface area contributed by atoms with Gasteiger partial charge in [0.15, 0.2) is 0 Å². The molecule has 71 heavy (non-hydrogen) atoms. The summed E-state index contributed by atoms with van der Waals surface area (Å²) in [5.41, 5.74) is 4.80. The molecule has 9 aromatic rings. The number of hydrogen-bond donors (Lipinski definition) is 7. The first-order chi connectivity index (χ1) is 34.2. The lowest BCUT2D eigenvalue weighted by molar-refractivity contribution is 0.261. The Balaban J connectivity index is 0.000000176. The summed E-state index contributed by atoms with van der Waals surface area (Å²) in [6.45, 7) is 0. The van der Waals surface area contributed by atoms with E-state index in [1.54, 1.807) is 108 Å². The number of H-pyrrole nitrogens is 2. The van der Waals surface area contributed by atoms with Crippen LogP contribution >= 0.6 is 23.2 Å². The van der Waals surface area contributed by atoms with Crippen molar-refractivity contribution >= 4 is 107 Å². The van der Waals surface area contributed by atoms with Gasteiger partial charge >= 0.3 is 32.3 Å². The van der Waals surface area contributed by atoms with Gasteiger partial charge in [-0.2, -0.15) is 16.8 Å². The highest BCUT2D eigenvalue weighted by Crippen LogP contribution is 2.28. The molecule has 0 atom stereocenters. The maximum atomic E-state index is 12.8. The number of halogens is 2. The second kappa shape index (κ2) is 20.9. The molecule has 10 rings (SSSR count). The number of carbonyl (C=O) groups excluding carboxylic acids is 2. The highest BCUT2D eigenvalue weighted by molar-refractivity contribution is 7.87. The predicted octanol–water partition coefficient (Wildman–Crippen LogP) is 10.8. The highest BCUT2D eigenvalue weighted by atomic mass is 35.5. The third-order valence-corrected chi connectivity index (χ3v) is 13.8. The maximum absolute atomic E-state index is 12.8. The lowest BCUT2D eigenvalue weighted by Gasteiger charge is -2.14. The molecular weight excluding hydrogens is 994 g/mol. The number of urea groups is 2. The molecular formula is C48H41Cl2N11O8S2. The molecule has 7 N–H and O–H groups in total. The van der Waals surface area contributed by atoms with Crippen molar-refractivity contribution < 1.29 is 34.8 Å². The molecule has 0 radical (unpaired) electrons. The molecule has 1 aliphatic carbocycles. The van der Waals surface area contributed by atoms with Crippen LogP contribution in [0.3, 0.4) is 0 Å². The van der Waals surface area contributed by atoms with Gasteiger partial charge in [0.05, 0.1) is 28.4 Å². The van der Waals surface area contributed by atoms with E-state index in [2.05, 4.69) is 51.5 Å². The molecule has 0 spiro atoms. The van der Waals surface area contributed by atoms with Crippen LogP contribution in [0.25, 0.3) is 27.8 Å². The number of benzene rings is 6. The second-order valence-corrected chi connectivity index (χ2v) is 19.9. The summed E-state index contributed by atoms with van der Waals surface area (Å²) < 4.78 is 63.4. The molecule has 19 nitrogen and oxygen atoms in total. The predicted molar refractivity (Wildman–Crippen MR) is 272 cm³/mol. The van der Waals surface area contributed by atoms with Gasteiger partial charge in [0.2, 0.25) is 11.9 Å². The molecule has 3 heterocycles. The Kier molecular flexibility index (Phi) is 14.1. The van der Waals surface area contributed by atoms with E-state index in [0.717, 1.165) is 24.2 Å². The molecule has 0 unspecified atom stereocenters. The molecule has 4 amide bonds. The van der Waals surface area contributed by atoms with E-state index in [4.69, 9.17) is 31.6 Å². The van der Waals surface area contributed by atoms with Crippen molar-refractivity contribution in [2.45, 2.75) is 41.5 Å². The maximum Gasteiger partial charge on any atom is 0.339 e. The third kappa shape index (κ3) is 12.4.